The Bertz CT molecular complexity index is 351. The predicted molar refractivity (Wildman–Crippen MR) is 92.7 cm³/mol. The highest BCUT2D eigenvalue weighted by atomic mass is 35.5. The summed E-state index contributed by atoms with van der Waals surface area (Å²) in [5, 5.41) is 0.830. The van der Waals surface area contributed by atoms with Crippen molar-refractivity contribution in [1.29, 1.82) is 0 Å². The first-order valence-electron chi connectivity index (χ1n) is 8.97. The van der Waals surface area contributed by atoms with Crippen molar-refractivity contribution in [2.45, 2.75) is 90.5 Å². The van der Waals surface area contributed by atoms with Gasteiger partial charge in [-0.1, -0.05) is 82.7 Å². The van der Waals surface area contributed by atoms with Crippen LogP contribution in [0.5, 0.6) is 0 Å². The smallest absolute Gasteiger partial charge is 0.187 e. The first kappa shape index (κ1) is 18.5. The Morgan fingerprint density at radius 1 is 0.810 bits per heavy atom. The zero-order chi connectivity index (χ0) is 15.2. The lowest BCUT2D eigenvalue weighted by Crippen LogP contribution is -2.32. The van der Waals surface area contributed by atoms with Gasteiger partial charge in [-0.05, 0) is 12.5 Å². The molecule has 0 aliphatic carbocycles. The minimum absolute atomic E-state index is 0.830. The second-order valence-corrected chi connectivity index (χ2v) is 6.59. The van der Waals surface area contributed by atoms with Gasteiger partial charge in [0, 0.05) is 12.5 Å². The number of pyridine rings is 1. The van der Waals surface area contributed by atoms with Crippen molar-refractivity contribution in [3.05, 3.63) is 29.5 Å². The molecule has 0 fully saturated rings. The number of aryl methyl sites for hydroxylation is 1. The van der Waals surface area contributed by atoms with Gasteiger partial charge < -0.3 is 0 Å². The van der Waals surface area contributed by atoms with Crippen LogP contribution in [-0.4, -0.2) is 0 Å². The summed E-state index contributed by atoms with van der Waals surface area (Å²) in [5.41, 5.74) is 0. The molecular formula is C19H33ClN+. The Labute approximate surface area is 136 Å². The summed E-state index contributed by atoms with van der Waals surface area (Å²) in [7, 11) is 0. The van der Waals surface area contributed by atoms with Crippen LogP contribution < -0.4 is 4.57 Å². The van der Waals surface area contributed by atoms with E-state index in [0.717, 1.165) is 11.6 Å². The monoisotopic (exact) mass is 310 g/mol. The van der Waals surface area contributed by atoms with Gasteiger partial charge in [0.2, 0.25) is 0 Å². The van der Waals surface area contributed by atoms with E-state index >= 15 is 0 Å². The summed E-state index contributed by atoms with van der Waals surface area (Å²) in [6.45, 7) is 3.38. The zero-order valence-corrected chi connectivity index (χ0v) is 14.6. The fraction of sp³-hybridized carbons (Fsp3) is 0.737. The molecule has 1 nitrogen and oxygen atoms in total. The number of aromatic nitrogens is 1. The van der Waals surface area contributed by atoms with Crippen LogP contribution in [0.3, 0.4) is 0 Å². The molecule has 0 aromatic carbocycles. The van der Waals surface area contributed by atoms with Gasteiger partial charge in [-0.15, -0.1) is 0 Å². The van der Waals surface area contributed by atoms with E-state index in [-0.39, 0.29) is 0 Å². The van der Waals surface area contributed by atoms with Crippen molar-refractivity contribution in [2.24, 2.45) is 0 Å². The maximum absolute atomic E-state index is 5.97. The van der Waals surface area contributed by atoms with E-state index in [1.54, 1.807) is 0 Å². The molecular weight excluding hydrogens is 278 g/mol. The molecule has 1 rings (SSSR count). The molecule has 0 unspecified atom stereocenters. The number of unbranched alkanes of at least 4 members (excludes halogenated alkanes) is 11. The third-order valence-electron chi connectivity index (χ3n) is 4.09. The van der Waals surface area contributed by atoms with Gasteiger partial charge in [-0.3, -0.25) is 0 Å². The average Bonchev–Trinajstić information content (AvgIpc) is 2.48. The predicted octanol–water partition coefficient (Wildman–Crippen LogP) is 6.33. The molecule has 0 amide bonds. The van der Waals surface area contributed by atoms with Crippen molar-refractivity contribution in [1.82, 2.24) is 0 Å². The first-order chi connectivity index (χ1) is 10.3. The normalized spacial score (nSPS) is 11.0. The van der Waals surface area contributed by atoms with E-state index in [1.165, 1.54) is 77.0 Å². The van der Waals surface area contributed by atoms with Crippen molar-refractivity contribution < 1.29 is 4.57 Å². The summed E-state index contributed by atoms with van der Waals surface area (Å²) in [5.74, 6) is 0. The number of hydrogen-bond acceptors (Lipinski definition) is 0. The topological polar surface area (TPSA) is 3.88 Å². The third-order valence-corrected chi connectivity index (χ3v) is 4.32. The van der Waals surface area contributed by atoms with E-state index in [0.29, 0.717) is 0 Å². The van der Waals surface area contributed by atoms with Gasteiger partial charge >= 0.3 is 0 Å². The molecule has 21 heavy (non-hydrogen) atoms. The highest BCUT2D eigenvalue weighted by Crippen LogP contribution is 2.12. The van der Waals surface area contributed by atoms with E-state index in [1.807, 2.05) is 18.3 Å². The highest BCUT2D eigenvalue weighted by molar-refractivity contribution is 6.30. The first-order valence-corrected chi connectivity index (χ1v) is 9.35. The lowest BCUT2D eigenvalue weighted by molar-refractivity contribution is -0.697. The number of rotatable bonds is 13. The Morgan fingerprint density at radius 2 is 1.33 bits per heavy atom. The number of halogens is 1. The molecule has 0 atom stereocenters. The molecule has 1 aromatic rings. The molecule has 0 saturated heterocycles. The van der Waals surface area contributed by atoms with E-state index in [4.69, 9.17) is 11.6 Å². The van der Waals surface area contributed by atoms with Crippen LogP contribution >= 0.6 is 11.6 Å². The maximum Gasteiger partial charge on any atom is 0.187 e. The molecule has 2 heteroatoms. The minimum Gasteiger partial charge on any atom is -0.204 e. The molecule has 0 saturated carbocycles. The molecule has 0 bridgehead atoms. The summed E-state index contributed by atoms with van der Waals surface area (Å²) < 4.78 is 2.19. The van der Waals surface area contributed by atoms with Gasteiger partial charge in [0.05, 0.1) is 0 Å². The molecule has 0 spiro atoms. The minimum atomic E-state index is 0.830. The molecule has 1 aromatic heterocycles. The van der Waals surface area contributed by atoms with Crippen molar-refractivity contribution in [3.63, 3.8) is 0 Å². The zero-order valence-electron chi connectivity index (χ0n) is 13.8. The van der Waals surface area contributed by atoms with E-state index < -0.39 is 0 Å². The Morgan fingerprint density at radius 3 is 1.86 bits per heavy atom. The van der Waals surface area contributed by atoms with E-state index in [2.05, 4.69) is 17.7 Å². The lowest BCUT2D eigenvalue weighted by Gasteiger charge is -2.02. The fourth-order valence-corrected chi connectivity index (χ4v) is 2.96. The van der Waals surface area contributed by atoms with Crippen molar-refractivity contribution in [2.75, 3.05) is 0 Å². The molecule has 120 valence electrons. The molecule has 0 radical (unpaired) electrons. The van der Waals surface area contributed by atoms with Crippen LogP contribution in [-0.2, 0) is 6.54 Å². The largest absolute Gasteiger partial charge is 0.204 e. The van der Waals surface area contributed by atoms with Crippen LogP contribution in [0, 0.1) is 0 Å². The lowest BCUT2D eigenvalue weighted by atomic mass is 10.1. The van der Waals surface area contributed by atoms with Gasteiger partial charge in [0.25, 0.3) is 0 Å². The Balaban J connectivity index is 1.82. The van der Waals surface area contributed by atoms with Crippen LogP contribution in [0.1, 0.15) is 84.0 Å². The van der Waals surface area contributed by atoms with E-state index in [9.17, 15) is 0 Å². The summed E-state index contributed by atoms with van der Waals surface area (Å²) >= 11 is 5.97. The standard InChI is InChI=1S/C19H33ClN/c1-2-3-4-5-6-7-8-9-10-11-12-13-16-21-17-14-15-19(20)18-21/h14-15,17-18H,2-13,16H2,1H3/q+1. The average molecular weight is 311 g/mol. The van der Waals surface area contributed by atoms with Crippen LogP contribution in [0.2, 0.25) is 5.02 Å². The van der Waals surface area contributed by atoms with Crippen LogP contribution in [0.25, 0.3) is 0 Å². The molecule has 0 aliphatic rings. The molecule has 0 aliphatic heterocycles. The Hall–Kier alpha value is -0.560. The highest BCUT2D eigenvalue weighted by Gasteiger charge is 2.00. The summed E-state index contributed by atoms with van der Waals surface area (Å²) in [6.07, 6.45) is 21.0. The number of hydrogen-bond donors (Lipinski definition) is 0. The van der Waals surface area contributed by atoms with Crippen LogP contribution in [0.4, 0.5) is 0 Å². The summed E-state index contributed by atoms with van der Waals surface area (Å²) in [4.78, 5) is 0. The second-order valence-electron chi connectivity index (χ2n) is 6.15. The van der Waals surface area contributed by atoms with Gasteiger partial charge in [0.1, 0.15) is 11.6 Å². The van der Waals surface area contributed by atoms with Crippen LogP contribution in [0.15, 0.2) is 24.5 Å². The van der Waals surface area contributed by atoms with Crippen molar-refractivity contribution >= 4 is 11.6 Å². The van der Waals surface area contributed by atoms with Crippen molar-refractivity contribution in [3.8, 4) is 0 Å². The Kier molecular flexibility index (Phi) is 11.6. The second kappa shape index (κ2) is 13.1. The maximum atomic E-state index is 5.97. The fourth-order valence-electron chi connectivity index (χ4n) is 2.76. The molecule has 1 heterocycles. The third kappa shape index (κ3) is 10.8. The summed E-state index contributed by atoms with van der Waals surface area (Å²) in [6, 6.07) is 3.95. The number of nitrogens with zero attached hydrogens (tertiary/aromatic N) is 1. The quantitative estimate of drug-likeness (QED) is 0.296. The van der Waals surface area contributed by atoms with Gasteiger partial charge in [-0.25, -0.2) is 4.57 Å². The molecule has 0 N–H and O–H groups in total. The van der Waals surface area contributed by atoms with Gasteiger partial charge in [-0.2, -0.15) is 0 Å². The SMILES string of the molecule is CCCCCCCCCCCCCC[n+]1cccc(Cl)c1. The van der Waals surface area contributed by atoms with Gasteiger partial charge in [0.15, 0.2) is 12.4 Å².